The summed E-state index contributed by atoms with van der Waals surface area (Å²) in [4.78, 5) is 14.4. The van der Waals surface area contributed by atoms with Crippen molar-refractivity contribution in [1.82, 2.24) is 15.5 Å². The maximum absolute atomic E-state index is 13.6. The van der Waals surface area contributed by atoms with Gasteiger partial charge in [0.05, 0.1) is 12.5 Å². The summed E-state index contributed by atoms with van der Waals surface area (Å²) >= 11 is 0. The number of nitrogens with one attached hydrogen (secondary N) is 2. The van der Waals surface area contributed by atoms with E-state index < -0.39 is 24.2 Å². The molecule has 0 radical (unpaired) electrons. The molecule has 0 spiro atoms. The Morgan fingerprint density at radius 2 is 2.00 bits per heavy atom. The highest BCUT2D eigenvalue weighted by Gasteiger charge is 2.48. The van der Waals surface area contributed by atoms with Crippen molar-refractivity contribution in [3.63, 3.8) is 0 Å². The van der Waals surface area contributed by atoms with Crippen molar-refractivity contribution < 1.29 is 22.7 Å². The number of methoxy groups -OCH3 is 1. The summed E-state index contributed by atoms with van der Waals surface area (Å²) in [5.74, 6) is 0.361. The minimum atomic E-state index is -4.38. The van der Waals surface area contributed by atoms with E-state index in [2.05, 4.69) is 10.6 Å². The van der Waals surface area contributed by atoms with Gasteiger partial charge >= 0.3 is 6.18 Å². The Kier molecular flexibility index (Phi) is 6.19. The first-order valence-corrected chi connectivity index (χ1v) is 9.73. The van der Waals surface area contributed by atoms with Gasteiger partial charge < -0.3 is 15.4 Å². The zero-order valence-electron chi connectivity index (χ0n) is 16.4. The van der Waals surface area contributed by atoms with Gasteiger partial charge in [0.1, 0.15) is 11.8 Å². The Bertz CT molecular complexity index is 698. The van der Waals surface area contributed by atoms with E-state index in [0.29, 0.717) is 44.8 Å². The molecule has 1 aliphatic carbocycles. The Morgan fingerprint density at radius 3 is 2.54 bits per heavy atom. The van der Waals surface area contributed by atoms with E-state index in [-0.39, 0.29) is 5.91 Å². The normalized spacial score (nSPS) is 20.9. The molecule has 1 aromatic carbocycles. The Hall–Kier alpha value is -1.80. The molecular weight excluding hydrogens is 371 g/mol. The van der Waals surface area contributed by atoms with Crippen LogP contribution in [0.2, 0.25) is 0 Å². The third kappa shape index (κ3) is 4.12. The van der Waals surface area contributed by atoms with Crippen molar-refractivity contribution >= 4 is 5.91 Å². The van der Waals surface area contributed by atoms with E-state index in [1.165, 1.54) is 4.90 Å². The summed E-state index contributed by atoms with van der Waals surface area (Å²) in [6.07, 6.45) is -2.24. The van der Waals surface area contributed by atoms with Crippen molar-refractivity contribution in [2.75, 3.05) is 39.8 Å². The van der Waals surface area contributed by atoms with Crippen molar-refractivity contribution in [3.8, 4) is 5.75 Å². The van der Waals surface area contributed by atoms with Crippen LogP contribution in [0, 0.1) is 6.92 Å². The molecule has 2 N–H and O–H groups in total. The van der Waals surface area contributed by atoms with Gasteiger partial charge in [0, 0.05) is 32.7 Å². The van der Waals surface area contributed by atoms with Gasteiger partial charge in [-0.15, -0.1) is 0 Å². The minimum Gasteiger partial charge on any atom is -0.496 e. The summed E-state index contributed by atoms with van der Waals surface area (Å²) in [7, 11) is 1.57. The summed E-state index contributed by atoms with van der Waals surface area (Å²) in [6, 6.07) is 3.95. The number of carbonyl (C=O) groups excluding carboxylic acids is 1. The second-order valence-corrected chi connectivity index (χ2v) is 7.67. The average molecular weight is 399 g/mol. The van der Waals surface area contributed by atoms with Crippen molar-refractivity contribution in [2.24, 2.45) is 0 Å². The number of alkyl halides is 3. The monoisotopic (exact) mass is 399 g/mol. The van der Waals surface area contributed by atoms with E-state index in [1.807, 2.05) is 25.1 Å². The van der Waals surface area contributed by atoms with E-state index >= 15 is 0 Å². The second-order valence-electron chi connectivity index (χ2n) is 7.67. The molecule has 1 amide bonds. The summed E-state index contributed by atoms with van der Waals surface area (Å²) in [5, 5.41) is 5.68. The molecule has 3 rings (SSSR count). The number of ether oxygens (including phenoxy) is 1. The van der Waals surface area contributed by atoms with Crippen LogP contribution in [-0.2, 0) is 10.2 Å². The van der Waals surface area contributed by atoms with Gasteiger partial charge in [0.2, 0.25) is 5.91 Å². The van der Waals surface area contributed by atoms with Gasteiger partial charge in [-0.1, -0.05) is 18.6 Å². The zero-order valence-corrected chi connectivity index (χ0v) is 16.4. The number of carbonyl (C=O) groups is 1. The summed E-state index contributed by atoms with van der Waals surface area (Å²) in [6.45, 7) is 3.17. The van der Waals surface area contributed by atoms with Crippen LogP contribution in [0.25, 0.3) is 0 Å². The molecule has 8 heteroatoms. The molecule has 0 bridgehead atoms. The van der Waals surface area contributed by atoms with Crippen molar-refractivity contribution in [3.05, 3.63) is 29.3 Å². The van der Waals surface area contributed by atoms with Crippen LogP contribution in [0.3, 0.4) is 0 Å². The summed E-state index contributed by atoms with van der Waals surface area (Å²) in [5.41, 5.74) is 1.00. The van der Waals surface area contributed by atoms with Gasteiger partial charge in [-0.3, -0.25) is 9.69 Å². The molecule has 1 atom stereocenters. The maximum atomic E-state index is 13.6. The molecule has 5 nitrogen and oxygen atoms in total. The molecule has 2 aliphatic rings. The van der Waals surface area contributed by atoms with Crippen LogP contribution < -0.4 is 15.4 Å². The highest BCUT2D eigenvalue weighted by Crippen LogP contribution is 2.45. The number of amides is 1. The van der Waals surface area contributed by atoms with E-state index in [4.69, 9.17) is 4.74 Å². The van der Waals surface area contributed by atoms with Gasteiger partial charge in [0.15, 0.2) is 0 Å². The lowest BCUT2D eigenvalue weighted by atomic mass is 9.63. The fraction of sp³-hybridized carbons (Fsp3) is 0.650. The number of nitrogens with zero attached hydrogens (tertiary/aromatic N) is 1. The fourth-order valence-corrected chi connectivity index (χ4v) is 4.10. The SMILES string of the molecule is COc1cc(C2(C(=O)NCC(N3CCNCC3)C(F)(F)F)CCC2)ccc1C. The highest BCUT2D eigenvalue weighted by molar-refractivity contribution is 5.89. The molecule has 1 aliphatic heterocycles. The molecule has 1 unspecified atom stereocenters. The number of halogens is 3. The molecule has 1 saturated carbocycles. The standard InChI is InChI=1S/C20H28F3N3O2/c1-14-4-5-15(12-16(14)28-2)19(6-3-7-19)18(27)25-13-17(20(21,22)23)26-10-8-24-9-11-26/h4-5,12,17,24H,3,6-11,13H2,1-2H3,(H,25,27). The fourth-order valence-electron chi connectivity index (χ4n) is 4.10. The zero-order chi connectivity index (χ0) is 20.4. The van der Waals surface area contributed by atoms with Gasteiger partial charge in [-0.25, -0.2) is 0 Å². The van der Waals surface area contributed by atoms with Crippen LogP contribution >= 0.6 is 0 Å². The van der Waals surface area contributed by atoms with Crippen LogP contribution in [-0.4, -0.2) is 62.9 Å². The van der Waals surface area contributed by atoms with Crippen LogP contribution in [0.4, 0.5) is 13.2 Å². The molecule has 28 heavy (non-hydrogen) atoms. The molecule has 2 fully saturated rings. The third-order valence-electron chi connectivity index (χ3n) is 6.03. The lowest BCUT2D eigenvalue weighted by Gasteiger charge is -2.42. The minimum absolute atomic E-state index is 0.320. The van der Waals surface area contributed by atoms with Crippen LogP contribution in [0.1, 0.15) is 30.4 Å². The molecular formula is C20H28F3N3O2. The topological polar surface area (TPSA) is 53.6 Å². The Labute approximate surface area is 163 Å². The lowest BCUT2D eigenvalue weighted by molar-refractivity contribution is -0.184. The quantitative estimate of drug-likeness (QED) is 0.771. The first-order chi connectivity index (χ1) is 13.3. The number of hydrogen-bond donors (Lipinski definition) is 2. The van der Waals surface area contributed by atoms with Crippen LogP contribution in [0.5, 0.6) is 5.75 Å². The van der Waals surface area contributed by atoms with E-state index in [9.17, 15) is 18.0 Å². The first-order valence-electron chi connectivity index (χ1n) is 9.73. The Morgan fingerprint density at radius 1 is 1.32 bits per heavy atom. The molecule has 0 aromatic heterocycles. The number of piperazine rings is 1. The maximum Gasteiger partial charge on any atom is 0.405 e. The average Bonchev–Trinajstić information content (AvgIpc) is 2.62. The predicted octanol–water partition coefficient (Wildman–Crippen LogP) is 2.38. The molecule has 156 valence electrons. The number of aryl methyl sites for hydroxylation is 1. The smallest absolute Gasteiger partial charge is 0.405 e. The summed E-state index contributed by atoms with van der Waals surface area (Å²) < 4.78 is 46.1. The number of benzene rings is 1. The van der Waals surface area contributed by atoms with Crippen molar-refractivity contribution in [2.45, 2.75) is 43.8 Å². The van der Waals surface area contributed by atoms with Crippen LogP contribution in [0.15, 0.2) is 18.2 Å². The molecule has 1 saturated heterocycles. The second kappa shape index (κ2) is 8.29. The predicted molar refractivity (Wildman–Crippen MR) is 101 cm³/mol. The Balaban J connectivity index is 1.74. The van der Waals surface area contributed by atoms with E-state index in [1.54, 1.807) is 7.11 Å². The van der Waals surface area contributed by atoms with Gasteiger partial charge in [-0.2, -0.15) is 13.2 Å². The third-order valence-corrected chi connectivity index (χ3v) is 6.03. The van der Waals surface area contributed by atoms with Crippen molar-refractivity contribution in [1.29, 1.82) is 0 Å². The van der Waals surface area contributed by atoms with Gasteiger partial charge in [0.25, 0.3) is 0 Å². The number of rotatable bonds is 6. The largest absolute Gasteiger partial charge is 0.496 e. The lowest BCUT2D eigenvalue weighted by Crippen LogP contribution is -2.59. The number of hydrogen-bond acceptors (Lipinski definition) is 4. The first kappa shape index (κ1) is 20.9. The van der Waals surface area contributed by atoms with Gasteiger partial charge in [-0.05, 0) is 37.0 Å². The highest BCUT2D eigenvalue weighted by atomic mass is 19.4. The molecule has 1 aromatic rings. The molecule has 1 heterocycles. The van der Waals surface area contributed by atoms with E-state index in [0.717, 1.165) is 17.5 Å².